The smallest absolute Gasteiger partial charge is 0.320 e. The number of hydrogen-bond acceptors (Lipinski definition) is 3. The maximum Gasteiger partial charge on any atom is 0.337 e. The Kier molecular flexibility index (Phi) is 5.40. The first kappa shape index (κ1) is 19.9. The quantitative estimate of drug-likeness (QED) is 0.493. The number of fused-ring (bicyclic) bond motifs is 1. The fraction of sp³-hybridized carbons (Fsp3) is 0.292. The summed E-state index contributed by atoms with van der Waals surface area (Å²) in [5, 5.41) is 0. The van der Waals surface area contributed by atoms with E-state index in [0.717, 1.165) is 17.5 Å². The van der Waals surface area contributed by atoms with Gasteiger partial charge >= 0.3 is 5.69 Å². The first-order valence-electron chi connectivity index (χ1n) is 10.3. The molecule has 0 aliphatic rings. The Balaban J connectivity index is 1.96. The van der Waals surface area contributed by atoms with Crippen molar-refractivity contribution in [1.29, 1.82) is 0 Å². The van der Waals surface area contributed by atoms with Gasteiger partial charge in [-0.25, -0.2) is 14.3 Å². The van der Waals surface area contributed by atoms with Crippen molar-refractivity contribution in [2.24, 2.45) is 5.92 Å². The predicted molar refractivity (Wildman–Crippen MR) is 119 cm³/mol. The molecule has 0 atom stereocenters. The van der Waals surface area contributed by atoms with E-state index in [-0.39, 0.29) is 11.2 Å². The molecule has 0 aliphatic heterocycles. The standard InChI is InChI=1S/C24H26N4O2/c1-17(2)13-14-27-23(29)21-22(25-16-26(21)15-19-7-5-4-6-8-19)28(24(27)30)20-11-9-18(3)10-12-20/h4-12,16-17H,13-15H2,1-3H3. The Bertz CT molecular complexity index is 1280. The van der Waals surface area contributed by atoms with E-state index in [1.807, 2.05) is 66.1 Å². The van der Waals surface area contributed by atoms with Crippen molar-refractivity contribution >= 4 is 11.2 Å². The summed E-state index contributed by atoms with van der Waals surface area (Å²) in [7, 11) is 0. The largest absolute Gasteiger partial charge is 0.337 e. The molecule has 0 N–H and O–H groups in total. The number of nitrogens with zero attached hydrogens (tertiary/aromatic N) is 4. The van der Waals surface area contributed by atoms with Crippen molar-refractivity contribution in [3.05, 3.63) is 92.9 Å². The molecule has 154 valence electrons. The van der Waals surface area contributed by atoms with E-state index >= 15 is 0 Å². The lowest BCUT2D eigenvalue weighted by molar-refractivity contribution is 0.491. The zero-order chi connectivity index (χ0) is 21.3. The van der Waals surface area contributed by atoms with Gasteiger partial charge in [-0.3, -0.25) is 9.36 Å². The first-order chi connectivity index (χ1) is 14.5. The summed E-state index contributed by atoms with van der Waals surface area (Å²) in [4.78, 5) is 31.2. The minimum Gasteiger partial charge on any atom is -0.320 e. The van der Waals surface area contributed by atoms with Gasteiger partial charge in [0, 0.05) is 13.1 Å². The second-order valence-electron chi connectivity index (χ2n) is 8.12. The average Bonchev–Trinajstić information content (AvgIpc) is 3.13. The van der Waals surface area contributed by atoms with Gasteiger partial charge in [0.2, 0.25) is 0 Å². The van der Waals surface area contributed by atoms with E-state index < -0.39 is 0 Å². The zero-order valence-electron chi connectivity index (χ0n) is 17.6. The van der Waals surface area contributed by atoms with Gasteiger partial charge in [-0.1, -0.05) is 61.9 Å². The van der Waals surface area contributed by atoms with Crippen molar-refractivity contribution in [1.82, 2.24) is 18.7 Å². The molecule has 2 aromatic carbocycles. The van der Waals surface area contributed by atoms with E-state index in [4.69, 9.17) is 0 Å². The molecule has 0 radical (unpaired) electrons. The molecular formula is C24H26N4O2. The minimum absolute atomic E-state index is 0.285. The summed E-state index contributed by atoms with van der Waals surface area (Å²) in [6.45, 7) is 7.07. The Morgan fingerprint density at radius 3 is 2.33 bits per heavy atom. The summed E-state index contributed by atoms with van der Waals surface area (Å²) in [6.07, 6.45) is 2.40. The van der Waals surface area contributed by atoms with Crippen LogP contribution in [0.5, 0.6) is 0 Å². The summed E-state index contributed by atoms with van der Waals surface area (Å²) in [5.74, 6) is 0.383. The normalized spacial score (nSPS) is 11.5. The van der Waals surface area contributed by atoms with Crippen molar-refractivity contribution < 1.29 is 0 Å². The molecule has 0 saturated heterocycles. The molecule has 6 nitrogen and oxygen atoms in total. The van der Waals surface area contributed by atoms with Crippen LogP contribution in [-0.4, -0.2) is 18.7 Å². The van der Waals surface area contributed by atoms with Crippen LogP contribution in [0.25, 0.3) is 16.9 Å². The molecule has 0 spiro atoms. The third-order valence-corrected chi connectivity index (χ3v) is 5.32. The highest BCUT2D eigenvalue weighted by molar-refractivity contribution is 5.72. The molecule has 0 unspecified atom stereocenters. The predicted octanol–water partition coefficient (Wildman–Crippen LogP) is 3.75. The number of imidazole rings is 1. The number of hydrogen-bond donors (Lipinski definition) is 0. The van der Waals surface area contributed by atoms with Gasteiger partial charge in [0.25, 0.3) is 5.56 Å². The van der Waals surface area contributed by atoms with Crippen LogP contribution in [0, 0.1) is 12.8 Å². The number of aryl methyl sites for hydroxylation is 1. The van der Waals surface area contributed by atoms with Crippen LogP contribution in [0.1, 0.15) is 31.4 Å². The zero-order valence-corrected chi connectivity index (χ0v) is 17.6. The third-order valence-electron chi connectivity index (χ3n) is 5.32. The summed E-state index contributed by atoms with van der Waals surface area (Å²) >= 11 is 0. The van der Waals surface area contributed by atoms with Crippen LogP contribution in [-0.2, 0) is 13.1 Å². The van der Waals surface area contributed by atoms with Crippen LogP contribution in [0.4, 0.5) is 0 Å². The lowest BCUT2D eigenvalue weighted by atomic mass is 10.1. The maximum atomic E-state index is 13.4. The second-order valence-corrected chi connectivity index (χ2v) is 8.12. The van der Waals surface area contributed by atoms with Gasteiger partial charge < -0.3 is 4.57 Å². The molecule has 4 rings (SSSR count). The fourth-order valence-corrected chi connectivity index (χ4v) is 3.59. The molecule has 4 aromatic rings. The van der Waals surface area contributed by atoms with Crippen molar-refractivity contribution in [2.45, 2.75) is 40.3 Å². The monoisotopic (exact) mass is 402 g/mol. The molecule has 0 amide bonds. The molecule has 30 heavy (non-hydrogen) atoms. The molecular weight excluding hydrogens is 376 g/mol. The van der Waals surface area contributed by atoms with E-state index in [1.165, 1.54) is 4.57 Å². The molecule has 0 bridgehead atoms. The van der Waals surface area contributed by atoms with Crippen molar-refractivity contribution in [3.63, 3.8) is 0 Å². The van der Waals surface area contributed by atoms with Crippen molar-refractivity contribution in [2.75, 3.05) is 0 Å². The molecule has 0 saturated carbocycles. The highest BCUT2D eigenvalue weighted by Gasteiger charge is 2.19. The highest BCUT2D eigenvalue weighted by atomic mass is 16.2. The molecule has 6 heteroatoms. The first-order valence-corrected chi connectivity index (χ1v) is 10.3. The Morgan fingerprint density at radius 1 is 0.967 bits per heavy atom. The van der Waals surface area contributed by atoms with Crippen LogP contribution >= 0.6 is 0 Å². The number of benzene rings is 2. The van der Waals surface area contributed by atoms with Gasteiger partial charge in [-0.05, 0) is 37.0 Å². The van der Waals surface area contributed by atoms with E-state index in [1.54, 1.807) is 10.9 Å². The van der Waals surface area contributed by atoms with Crippen LogP contribution in [0.2, 0.25) is 0 Å². The van der Waals surface area contributed by atoms with Gasteiger partial charge in [-0.15, -0.1) is 0 Å². The fourth-order valence-electron chi connectivity index (χ4n) is 3.59. The van der Waals surface area contributed by atoms with Crippen LogP contribution in [0.15, 0.2) is 70.5 Å². The number of rotatable bonds is 6. The van der Waals surface area contributed by atoms with Gasteiger partial charge in [-0.2, -0.15) is 0 Å². The van der Waals surface area contributed by atoms with E-state index in [0.29, 0.717) is 35.9 Å². The minimum atomic E-state index is -0.345. The summed E-state index contributed by atoms with van der Waals surface area (Å²) in [5.41, 5.74) is 3.09. The van der Waals surface area contributed by atoms with Crippen LogP contribution < -0.4 is 11.2 Å². The summed E-state index contributed by atoms with van der Waals surface area (Å²) in [6, 6.07) is 17.6. The SMILES string of the molecule is Cc1ccc(-n2c(=O)n(CCC(C)C)c(=O)c3c2ncn3Cc2ccccc2)cc1. The van der Waals surface area contributed by atoms with E-state index in [2.05, 4.69) is 18.8 Å². The van der Waals surface area contributed by atoms with Crippen LogP contribution in [0.3, 0.4) is 0 Å². The topological polar surface area (TPSA) is 61.8 Å². The average molecular weight is 402 g/mol. The third kappa shape index (κ3) is 3.73. The Hall–Kier alpha value is -3.41. The molecule has 0 aliphatic carbocycles. The lowest BCUT2D eigenvalue weighted by Gasteiger charge is -2.14. The van der Waals surface area contributed by atoms with Crippen molar-refractivity contribution in [3.8, 4) is 5.69 Å². The second kappa shape index (κ2) is 8.14. The highest BCUT2D eigenvalue weighted by Crippen LogP contribution is 2.15. The summed E-state index contributed by atoms with van der Waals surface area (Å²) < 4.78 is 4.74. The lowest BCUT2D eigenvalue weighted by Crippen LogP contribution is -2.40. The van der Waals surface area contributed by atoms with E-state index in [9.17, 15) is 9.59 Å². The number of aromatic nitrogens is 4. The Labute approximate surface area is 175 Å². The molecule has 2 heterocycles. The van der Waals surface area contributed by atoms with Gasteiger partial charge in [0.05, 0.1) is 12.0 Å². The molecule has 2 aromatic heterocycles. The maximum absolute atomic E-state index is 13.4. The Morgan fingerprint density at radius 2 is 1.67 bits per heavy atom. The van der Waals surface area contributed by atoms with Gasteiger partial charge in [0.1, 0.15) is 0 Å². The molecule has 0 fully saturated rings. The van der Waals surface area contributed by atoms with Gasteiger partial charge in [0.15, 0.2) is 11.2 Å².